The number of nitrogens with one attached hydrogen (secondary N) is 2. The number of carboxylic acid groups (broad SMARTS) is 1. The van der Waals surface area contributed by atoms with Gasteiger partial charge in [0.1, 0.15) is 0 Å². The number of aliphatic carboxylic acids is 1. The number of carbonyl (C=O) groups is 2. The highest BCUT2D eigenvalue weighted by Gasteiger charge is 2.17. The standard InChI is InChI=1S/C15H20N2O4/c18-14(8-13-10-16-5-6-21-13)17-9-12-4-2-1-3-11(12)7-15(19)20/h1-4,13,16H,5-10H2,(H,17,18)(H,19,20). The topological polar surface area (TPSA) is 87.7 Å². The van der Waals surface area contributed by atoms with E-state index in [1.165, 1.54) is 0 Å². The highest BCUT2D eigenvalue weighted by atomic mass is 16.5. The van der Waals surface area contributed by atoms with Gasteiger partial charge in [-0.1, -0.05) is 24.3 Å². The summed E-state index contributed by atoms with van der Waals surface area (Å²) in [6, 6.07) is 7.23. The Kier molecular flexibility index (Phi) is 5.71. The van der Waals surface area contributed by atoms with Crippen LogP contribution in [0.25, 0.3) is 0 Å². The molecule has 0 aliphatic carbocycles. The number of ether oxygens (including phenoxy) is 1. The smallest absolute Gasteiger partial charge is 0.307 e. The van der Waals surface area contributed by atoms with Crippen LogP contribution in [-0.2, 0) is 27.3 Å². The number of amides is 1. The van der Waals surface area contributed by atoms with Crippen molar-refractivity contribution in [3.63, 3.8) is 0 Å². The van der Waals surface area contributed by atoms with Crippen LogP contribution in [0.3, 0.4) is 0 Å². The zero-order valence-corrected chi connectivity index (χ0v) is 11.8. The number of benzene rings is 1. The normalized spacial score (nSPS) is 18.2. The Hall–Kier alpha value is -1.92. The predicted molar refractivity (Wildman–Crippen MR) is 76.9 cm³/mol. The molecule has 3 N–H and O–H groups in total. The van der Waals surface area contributed by atoms with Crippen LogP contribution in [0.15, 0.2) is 24.3 Å². The van der Waals surface area contributed by atoms with Gasteiger partial charge in [-0.05, 0) is 11.1 Å². The van der Waals surface area contributed by atoms with Crippen molar-refractivity contribution in [2.75, 3.05) is 19.7 Å². The molecular formula is C15H20N2O4. The second kappa shape index (κ2) is 7.75. The van der Waals surface area contributed by atoms with Crippen molar-refractivity contribution < 1.29 is 19.4 Å². The molecule has 1 aliphatic rings. The highest BCUT2D eigenvalue weighted by Crippen LogP contribution is 2.10. The molecular weight excluding hydrogens is 272 g/mol. The van der Waals surface area contributed by atoms with Crippen LogP contribution in [0.5, 0.6) is 0 Å². The molecule has 1 atom stereocenters. The van der Waals surface area contributed by atoms with Gasteiger partial charge in [0.15, 0.2) is 0 Å². The lowest BCUT2D eigenvalue weighted by atomic mass is 10.0. The molecule has 114 valence electrons. The summed E-state index contributed by atoms with van der Waals surface area (Å²) >= 11 is 0. The molecule has 2 rings (SSSR count). The molecule has 1 aromatic rings. The molecule has 1 aromatic carbocycles. The third kappa shape index (κ3) is 5.17. The largest absolute Gasteiger partial charge is 0.481 e. The Morgan fingerprint density at radius 3 is 2.76 bits per heavy atom. The average Bonchev–Trinajstić information content (AvgIpc) is 2.47. The monoisotopic (exact) mass is 292 g/mol. The van der Waals surface area contributed by atoms with E-state index in [1.54, 1.807) is 12.1 Å². The Morgan fingerprint density at radius 1 is 1.33 bits per heavy atom. The fourth-order valence-corrected chi connectivity index (χ4v) is 2.29. The van der Waals surface area contributed by atoms with E-state index in [1.807, 2.05) is 12.1 Å². The molecule has 0 radical (unpaired) electrons. The van der Waals surface area contributed by atoms with Gasteiger partial charge in [-0.15, -0.1) is 0 Å². The van der Waals surface area contributed by atoms with Gasteiger partial charge in [-0.2, -0.15) is 0 Å². The van der Waals surface area contributed by atoms with Gasteiger partial charge in [0.2, 0.25) is 5.91 Å². The third-order valence-corrected chi connectivity index (χ3v) is 3.35. The average molecular weight is 292 g/mol. The summed E-state index contributed by atoms with van der Waals surface area (Å²) < 4.78 is 5.48. The molecule has 1 unspecified atom stereocenters. The number of hydrogen-bond donors (Lipinski definition) is 3. The number of hydrogen-bond acceptors (Lipinski definition) is 4. The van der Waals surface area contributed by atoms with E-state index in [9.17, 15) is 9.59 Å². The van der Waals surface area contributed by atoms with Gasteiger partial charge in [0.05, 0.1) is 25.6 Å². The van der Waals surface area contributed by atoms with Crippen LogP contribution >= 0.6 is 0 Å². The van der Waals surface area contributed by atoms with Gasteiger partial charge in [-0.25, -0.2) is 0 Å². The summed E-state index contributed by atoms with van der Waals surface area (Å²) in [6.45, 7) is 2.46. The quantitative estimate of drug-likeness (QED) is 0.702. The van der Waals surface area contributed by atoms with Crippen LogP contribution in [0.1, 0.15) is 17.5 Å². The van der Waals surface area contributed by atoms with Gasteiger partial charge >= 0.3 is 5.97 Å². The van der Waals surface area contributed by atoms with Crippen molar-refractivity contribution in [2.24, 2.45) is 0 Å². The number of carbonyl (C=O) groups excluding carboxylic acids is 1. The van der Waals surface area contributed by atoms with Gasteiger partial charge in [-0.3, -0.25) is 9.59 Å². The first kappa shape index (κ1) is 15.5. The summed E-state index contributed by atoms with van der Waals surface area (Å²) in [7, 11) is 0. The first-order chi connectivity index (χ1) is 10.1. The van der Waals surface area contributed by atoms with Crippen LogP contribution in [0.4, 0.5) is 0 Å². The van der Waals surface area contributed by atoms with E-state index < -0.39 is 5.97 Å². The maximum Gasteiger partial charge on any atom is 0.307 e. The van der Waals surface area contributed by atoms with Gasteiger partial charge in [0, 0.05) is 19.6 Å². The van der Waals surface area contributed by atoms with E-state index in [2.05, 4.69) is 10.6 Å². The molecule has 1 fully saturated rings. The summed E-state index contributed by atoms with van der Waals surface area (Å²) in [5.74, 6) is -0.968. The van der Waals surface area contributed by atoms with Crippen molar-refractivity contribution in [1.82, 2.24) is 10.6 Å². The zero-order valence-electron chi connectivity index (χ0n) is 11.8. The van der Waals surface area contributed by atoms with Crippen molar-refractivity contribution in [3.8, 4) is 0 Å². The molecule has 21 heavy (non-hydrogen) atoms. The maximum absolute atomic E-state index is 11.9. The van der Waals surface area contributed by atoms with Crippen LogP contribution in [-0.4, -0.2) is 42.8 Å². The lowest BCUT2D eigenvalue weighted by Gasteiger charge is -2.23. The molecule has 0 spiro atoms. The van der Waals surface area contributed by atoms with E-state index >= 15 is 0 Å². The zero-order chi connectivity index (χ0) is 15.1. The van der Waals surface area contributed by atoms with Crippen molar-refractivity contribution in [2.45, 2.75) is 25.5 Å². The van der Waals surface area contributed by atoms with Crippen LogP contribution in [0, 0.1) is 0 Å². The molecule has 1 aliphatic heterocycles. The SMILES string of the molecule is O=C(O)Cc1ccccc1CNC(=O)CC1CNCCO1. The molecule has 1 saturated heterocycles. The lowest BCUT2D eigenvalue weighted by molar-refractivity contribution is -0.136. The maximum atomic E-state index is 11.9. The fraction of sp³-hybridized carbons (Fsp3) is 0.467. The van der Waals surface area contributed by atoms with Gasteiger partial charge in [0.25, 0.3) is 0 Å². The molecule has 0 bridgehead atoms. The molecule has 6 heteroatoms. The Bertz CT molecular complexity index is 498. The lowest BCUT2D eigenvalue weighted by Crippen LogP contribution is -2.41. The number of carboxylic acids is 1. The minimum Gasteiger partial charge on any atom is -0.481 e. The summed E-state index contributed by atoms with van der Waals surface area (Å²) in [5, 5.41) is 14.9. The first-order valence-corrected chi connectivity index (χ1v) is 7.02. The third-order valence-electron chi connectivity index (χ3n) is 3.35. The van der Waals surface area contributed by atoms with Crippen molar-refractivity contribution >= 4 is 11.9 Å². The van der Waals surface area contributed by atoms with Crippen LogP contribution in [0.2, 0.25) is 0 Å². The second-order valence-corrected chi connectivity index (χ2v) is 5.02. The Morgan fingerprint density at radius 2 is 2.10 bits per heavy atom. The minimum absolute atomic E-state index is 0.0400. The van der Waals surface area contributed by atoms with E-state index in [0.717, 1.165) is 17.7 Å². The predicted octanol–water partition coefficient (Wildman–Crippen LogP) is 0.308. The van der Waals surface area contributed by atoms with Gasteiger partial charge < -0.3 is 20.5 Å². The van der Waals surface area contributed by atoms with E-state index in [4.69, 9.17) is 9.84 Å². The summed E-state index contributed by atoms with van der Waals surface area (Å²) in [4.78, 5) is 22.7. The van der Waals surface area contributed by atoms with E-state index in [0.29, 0.717) is 26.1 Å². The van der Waals surface area contributed by atoms with Crippen molar-refractivity contribution in [3.05, 3.63) is 35.4 Å². The molecule has 1 heterocycles. The highest BCUT2D eigenvalue weighted by molar-refractivity contribution is 5.76. The Labute approximate surface area is 123 Å². The number of morpholine rings is 1. The second-order valence-electron chi connectivity index (χ2n) is 5.02. The molecule has 0 saturated carbocycles. The van der Waals surface area contributed by atoms with Crippen molar-refractivity contribution in [1.29, 1.82) is 0 Å². The summed E-state index contributed by atoms with van der Waals surface area (Å²) in [5.41, 5.74) is 1.55. The Balaban J connectivity index is 1.84. The number of rotatable bonds is 6. The first-order valence-electron chi connectivity index (χ1n) is 7.02. The fourth-order valence-electron chi connectivity index (χ4n) is 2.29. The van der Waals surface area contributed by atoms with Crippen LogP contribution < -0.4 is 10.6 Å². The molecule has 6 nitrogen and oxygen atoms in total. The van der Waals surface area contributed by atoms with E-state index in [-0.39, 0.29) is 18.4 Å². The molecule has 1 amide bonds. The minimum atomic E-state index is -0.879. The molecule has 0 aromatic heterocycles. The summed E-state index contributed by atoms with van der Waals surface area (Å²) in [6.07, 6.45) is 0.184.